The molecule has 2 N–H and O–H groups in total. The number of hydrogen-bond donors (Lipinski definition) is 2. The van der Waals surface area contributed by atoms with E-state index in [0.29, 0.717) is 12.1 Å². The van der Waals surface area contributed by atoms with E-state index >= 15 is 0 Å². The molecule has 144 valence electrons. The topological polar surface area (TPSA) is 44.7 Å². The molecule has 4 rings (SSSR count). The van der Waals surface area contributed by atoms with Crippen molar-refractivity contribution >= 4 is 0 Å². The van der Waals surface area contributed by atoms with E-state index in [-0.39, 0.29) is 6.10 Å². The highest BCUT2D eigenvalue weighted by Gasteiger charge is 2.32. The van der Waals surface area contributed by atoms with Gasteiger partial charge in [0.2, 0.25) is 0 Å². The van der Waals surface area contributed by atoms with Crippen LogP contribution >= 0.6 is 0 Å². The Morgan fingerprint density at radius 2 is 1.44 bits per heavy atom. The molecule has 0 unspecified atom stereocenters. The smallest absolute Gasteiger partial charge is 0.0693 e. The lowest BCUT2D eigenvalue weighted by Gasteiger charge is -2.41. The first-order valence-corrected chi connectivity index (χ1v) is 11.0. The van der Waals surface area contributed by atoms with Gasteiger partial charge in [0.15, 0.2) is 0 Å². The molecule has 4 nitrogen and oxygen atoms in total. The fourth-order valence-corrected chi connectivity index (χ4v) is 5.23. The van der Waals surface area contributed by atoms with Gasteiger partial charge in [-0.25, -0.2) is 0 Å². The van der Waals surface area contributed by atoms with Crippen LogP contribution in [0, 0.1) is 11.8 Å². The van der Waals surface area contributed by atoms with Gasteiger partial charge in [-0.1, -0.05) is 0 Å². The summed E-state index contributed by atoms with van der Waals surface area (Å²) in [6.45, 7) is 4.52. The molecular weight excluding hydrogens is 312 g/mol. The lowest BCUT2D eigenvalue weighted by Crippen LogP contribution is -2.51. The molecule has 4 fully saturated rings. The predicted octanol–water partition coefficient (Wildman–Crippen LogP) is 2.94. The van der Waals surface area contributed by atoms with Crippen LogP contribution in [0.3, 0.4) is 0 Å². The van der Waals surface area contributed by atoms with Crippen molar-refractivity contribution in [3.05, 3.63) is 0 Å². The fourth-order valence-electron chi connectivity index (χ4n) is 5.23. The molecule has 0 amide bonds. The Balaban J connectivity index is 1.11. The van der Waals surface area contributed by atoms with Gasteiger partial charge in [0.1, 0.15) is 0 Å². The minimum atomic E-state index is -0.101. The maximum absolute atomic E-state index is 10.0. The normalized spacial score (nSPS) is 38.3. The van der Waals surface area contributed by atoms with Gasteiger partial charge in [-0.2, -0.15) is 0 Å². The molecule has 4 heteroatoms. The third kappa shape index (κ3) is 5.18. The Morgan fingerprint density at radius 1 is 0.800 bits per heavy atom. The molecule has 0 bridgehead atoms. The number of rotatable bonds is 7. The highest BCUT2D eigenvalue weighted by Crippen LogP contribution is 2.32. The van der Waals surface area contributed by atoms with Crippen LogP contribution in [-0.4, -0.2) is 60.5 Å². The molecule has 0 aromatic rings. The Kier molecular flexibility index (Phi) is 6.33. The molecule has 0 aromatic heterocycles. The van der Waals surface area contributed by atoms with E-state index in [2.05, 4.69) is 10.2 Å². The van der Waals surface area contributed by atoms with Gasteiger partial charge in [0, 0.05) is 31.3 Å². The second-order valence-corrected chi connectivity index (χ2v) is 9.24. The van der Waals surface area contributed by atoms with Gasteiger partial charge in [-0.05, 0) is 95.6 Å². The van der Waals surface area contributed by atoms with Gasteiger partial charge in [0.25, 0.3) is 0 Å². The van der Waals surface area contributed by atoms with Crippen LogP contribution < -0.4 is 5.32 Å². The van der Waals surface area contributed by atoms with E-state index < -0.39 is 0 Å². The van der Waals surface area contributed by atoms with Gasteiger partial charge in [0.05, 0.1) is 6.10 Å². The van der Waals surface area contributed by atoms with Crippen LogP contribution in [-0.2, 0) is 4.74 Å². The second kappa shape index (κ2) is 8.69. The molecule has 0 radical (unpaired) electrons. The van der Waals surface area contributed by atoms with E-state index in [9.17, 15) is 5.11 Å². The van der Waals surface area contributed by atoms with E-state index in [1.54, 1.807) is 0 Å². The molecular formula is C21H38N2O2. The van der Waals surface area contributed by atoms with Crippen LogP contribution in [0.1, 0.15) is 70.6 Å². The Bertz CT molecular complexity index is 399. The fraction of sp³-hybridized carbons (Fsp3) is 1.00. The summed E-state index contributed by atoms with van der Waals surface area (Å²) in [6.07, 6.45) is 14.0. The number of aliphatic hydroxyl groups excluding tert-OH is 1. The number of aliphatic hydroxyl groups is 1. The monoisotopic (exact) mass is 350 g/mol. The summed E-state index contributed by atoms with van der Waals surface area (Å²) in [7, 11) is 0. The average Bonchev–Trinajstić information content (AvgIpc) is 3.38. The molecule has 1 heterocycles. The van der Waals surface area contributed by atoms with Gasteiger partial charge < -0.3 is 20.1 Å². The van der Waals surface area contributed by atoms with Crippen LogP contribution in [0.5, 0.6) is 0 Å². The van der Waals surface area contributed by atoms with Crippen molar-refractivity contribution in [2.24, 2.45) is 11.8 Å². The third-order valence-electron chi connectivity index (χ3n) is 7.20. The molecule has 25 heavy (non-hydrogen) atoms. The average molecular weight is 351 g/mol. The Hall–Kier alpha value is -0.160. The highest BCUT2D eigenvalue weighted by molar-refractivity contribution is 4.89. The first kappa shape index (κ1) is 18.2. The molecule has 2 atom stereocenters. The number of piperidine rings is 1. The van der Waals surface area contributed by atoms with Crippen LogP contribution in [0.25, 0.3) is 0 Å². The molecule has 1 aliphatic heterocycles. The quantitative estimate of drug-likeness (QED) is 0.741. The van der Waals surface area contributed by atoms with Gasteiger partial charge in [-0.15, -0.1) is 0 Å². The van der Waals surface area contributed by atoms with Crippen molar-refractivity contribution in [2.75, 3.05) is 26.3 Å². The zero-order chi connectivity index (χ0) is 17.1. The highest BCUT2D eigenvalue weighted by atomic mass is 16.5. The van der Waals surface area contributed by atoms with Crippen molar-refractivity contribution in [3.63, 3.8) is 0 Å². The SMILES string of the molecule is O[C@H]1CCC[C@@H]1NC1CCN(C2CCC(COCC3CC3)CC2)CC1. The molecule has 1 saturated heterocycles. The largest absolute Gasteiger partial charge is 0.392 e. The molecule has 4 aliphatic rings. The number of ether oxygens (including phenoxy) is 1. The second-order valence-electron chi connectivity index (χ2n) is 9.24. The van der Waals surface area contributed by atoms with Crippen molar-refractivity contribution < 1.29 is 9.84 Å². The molecule has 3 aliphatic carbocycles. The maximum Gasteiger partial charge on any atom is 0.0693 e. The van der Waals surface area contributed by atoms with E-state index in [0.717, 1.165) is 43.9 Å². The van der Waals surface area contributed by atoms with Crippen LogP contribution in [0.2, 0.25) is 0 Å². The molecule has 0 aromatic carbocycles. The van der Waals surface area contributed by atoms with Gasteiger partial charge >= 0.3 is 0 Å². The standard InChI is InChI=1S/C21H38N2O2/c24-21-3-1-2-20(21)22-18-10-12-23(13-11-18)19-8-6-17(7-9-19)15-25-14-16-4-5-16/h16-22,24H,1-15H2/t17?,19?,20-,21-/m0/s1. The van der Waals surface area contributed by atoms with Crippen LogP contribution in [0.15, 0.2) is 0 Å². The number of hydrogen-bond acceptors (Lipinski definition) is 4. The summed E-state index contributed by atoms with van der Waals surface area (Å²) >= 11 is 0. The predicted molar refractivity (Wildman–Crippen MR) is 101 cm³/mol. The first-order chi connectivity index (χ1) is 12.3. The number of nitrogens with one attached hydrogen (secondary N) is 1. The number of likely N-dealkylation sites (tertiary alicyclic amines) is 1. The van der Waals surface area contributed by atoms with Crippen molar-refractivity contribution in [3.8, 4) is 0 Å². The lowest BCUT2D eigenvalue weighted by molar-refractivity contribution is 0.0496. The lowest BCUT2D eigenvalue weighted by atomic mass is 9.85. The summed E-state index contributed by atoms with van der Waals surface area (Å²) in [4.78, 5) is 2.75. The summed E-state index contributed by atoms with van der Waals surface area (Å²) in [5, 5.41) is 13.8. The summed E-state index contributed by atoms with van der Waals surface area (Å²) in [5.74, 6) is 1.72. The third-order valence-corrected chi connectivity index (χ3v) is 7.20. The minimum absolute atomic E-state index is 0.101. The maximum atomic E-state index is 10.0. The zero-order valence-electron chi connectivity index (χ0n) is 15.9. The van der Waals surface area contributed by atoms with E-state index in [1.165, 1.54) is 70.9 Å². The van der Waals surface area contributed by atoms with E-state index in [1.807, 2.05) is 0 Å². The first-order valence-electron chi connectivity index (χ1n) is 11.0. The Labute approximate surface area is 153 Å². The summed E-state index contributed by atoms with van der Waals surface area (Å²) in [6, 6.07) is 1.81. The van der Waals surface area contributed by atoms with Crippen LogP contribution in [0.4, 0.5) is 0 Å². The Morgan fingerprint density at radius 3 is 2.00 bits per heavy atom. The summed E-state index contributed by atoms with van der Waals surface area (Å²) < 4.78 is 5.92. The van der Waals surface area contributed by atoms with Crippen molar-refractivity contribution in [2.45, 2.75) is 94.9 Å². The summed E-state index contributed by atoms with van der Waals surface area (Å²) in [5.41, 5.74) is 0. The molecule has 0 spiro atoms. The minimum Gasteiger partial charge on any atom is -0.392 e. The van der Waals surface area contributed by atoms with Crippen molar-refractivity contribution in [1.29, 1.82) is 0 Å². The van der Waals surface area contributed by atoms with Gasteiger partial charge in [-0.3, -0.25) is 0 Å². The number of nitrogens with zero attached hydrogens (tertiary/aromatic N) is 1. The van der Waals surface area contributed by atoms with E-state index in [4.69, 9.17) is 4.74 Å². The van der Waals surface area contributed by atoms with Crippen molar-refractivity contribution in [1.82, 2.24) is 10.2 Å². The molecule has 3 saturated carbocycles. The zero-order valence-corrected chi connectivity index (χ0v) is 15.9.